The summed E-state index contributed by atoms with van der Waals surface area (Å²) in [6.07, 6.45) is 2.31. The van der Waals surface area contributed by atoms with Crippen LogP contribution in [0.25, 0.3) is 0 Å². The number of benzene rings is 2. The Bertz CT molecular complexity index is 1170. The van der Waals surface area contributed by atoms with Crippen LogP contribution in [0.15, 0.2) is 42.5 Å². The summed E-state index contributed by atoms with van der Waals surface area (Å²) in [4.78, 5) is 27.8. The fourth-order valence-electron chi connectivity index (χ4n) is 3.89. The molecule has 0 aliphatic heterocycles. The first kappa shape index (κ1) is 29.6. The highest BCUT2D eigenvalue weighted by atomic mass is 35.5. The molecule has 36 heavy (non-hydrogen) atoms. The second-order valence-corrected chi connectivity index (χ2v) is 11.7. The van der Waals surface area contributed by atoms with Crippen LogP contribution in [0.2, 0.25) is 5.02 Å². The van der Waals surface area contributed by atoms with E-state index in [1.807, 2.05) is 52.0 Å². The molecule has 7 nitrogen and oxygen atoms in total. The van der Waals surface area contributed by atoms with Crippen molar-refractivity contribution in [1.29, 1.82) is 0 Å². The Labute approximate surface area is 220 Å². The van der Waals surface area contributed by atoms with Crippen molar-refractivity contribution in [3.05, 3.63) is 64.2 Å². The number of halogens is 1. The molecule has 2 atom stereocenters. The lowest BCUT2D eigenvalue weighted by atomic mass is 10.1. The monoisotopic (exact) mass is 535 g/mol. The highest BCUT2D eigenvalue weighted by molar-refractivity contribution is 7.92. The van der Waals surface area contributed by atoms with Crippen LogP contribution in [-0.2, 0) is 26.2 Å². The third-order valence-electron chi connectivity index (χ3n) is 6.20. The van der Waals surface area contributed by atoms with Crippen molar-refractivity contribution in [2.24, 2.45) is 0 Å². The first-order chi connectivity index (χ1) is 16.8. The Morgan fingerprint density at radius 3 is 2.39 bits per heavy atom. The van der Waals surface area contributed by atoms with Crippen LogP contribution in [0.4, 0.5) is 5.69 Å². The number of rotatable bonds is 12. The van der Waals surface area contributed by atoms with Gasteiger partial charge in [-0.15, -0.1) is 0 Å². The van der Waals surface area contributed by atoms with Crippen LogP contribution in [0, 0.1) is 13.8 Å². The van der Waals surface area contributed by atoms with Crippen molar-refractivity contribution in [2.75, 3.05) is 17.1 Å². The number of anilines is 1. The minimum atomic E-state index is -3.59. The van der Waals surface area contributed by atoms with Gasteiger partial charge in [0.25, 0.3) is 0 Å². The van der Waals surface area contributed by atoms with E-state index in [2.05, 4.69) is 5.32 Å². The second-order valence-electron chi connectivity index (χ2n) is 9.37. The summed E-state index contributed by atoms with van der Waals surface area (Å²) < 4.78 is 26.4. The van der Waals surface area contributed by atoms with Gasteiger partial charge in [0.05, 0.1) is 11.9 Å². The zero-order valence-electron chi connectivity index (χ0n) is 22.0. The first-order valence-electron chi connectivity index (χ1n) is 12.2. The van der Waals surface area contributed by atoms with E-state index >= 15 is 0 Å². The number of nitrogens with zero attached hydrogens (tertiary/aromatic N) is 2. The molecule has 0 aliphatic rings. The quantitative estimate of drug-likeness (QED) is 0.421. The minimum absolute atomic E-state index is 0.000117. The van der Waals surface area contributed by atoms with E-state index in [-0.39, 0.29) is 30.8 Å². The summed E-state index contributed by atoms with van der Waals surface area (Å²) in [5, 5.41) is 3.39. The number of amides is 2. The number of sulfonamides is 1. The predicted molar refractivity (Wildman–Crippen MR) is 147 cm³/mol. The molecule has 1 N–H and O–H groups in total. The van der Waals surface area contributed by atoms with Gasteiger partial charge in [-0.1, -0.05) is 54.4 Å². The molecule has 9 heteroatoms. The molecule has 0 radical (unpaired) electrons. The second kappa shape index (κ2) is 13.1. The molecular formula is C27H38ClN3O4S. The lowest BCUT2D eigenvalue weighted by molar-refractivity contribution is -0.140. The average molecular weight is 536 g/mol. The number of carbonyl (C=O) groups excluding carboxylic acids is 2. The molecule has 2 amide bonds. The molecule has 0 aliphatic carbocycles. The number of aryl methyl sites for hydroxylation is 2. The van der Waals surface area contributed by atoms with Crippen LogP contribution in [0.3, 0.4) is 0 Å². The van der Waals surface area contributed by atoms with Gasteiger partial charge in [0.15, 0.2) is 0 Å². The van der Waals surface area contributed by atoms with E-state index in [1.165, 1.54) is 4.31 Å². The summed E-state index contributed by atoms with van der Waals surface area (Å²) in [7, 11) is -3.59. The minimum Gasteiger partial charge on any atom is -0.352 e. The van der Waals surface area contributed by atoms with E-state index in [1.54, 1.807) is 30.0 Å². The Kier molecular flexibility index (Phi) is 10.8. The largest absolute Gasteiger partial charge is 0.352 e. The Balaban J connectivity index is 2.21. The summed E-state index contributed by atoms with van der Waals surface area (Å²) >= 11 is 6.12. The van der Waals surface area contributed by atoms with Crippen LogP contribution in [-0.4, -0.2) is 50.0 Å². The van der Waals surface area contributed by atoms with Crippen LogP contribution < -0.4 is 9.62 Å². The molecule has 0 unspecified atom stereocenters. The molecule has 0 spiro atoms. The fourth-order valence-corrected chi connectivity index (χ4v) is 5.07. The molecule has 198 valence electrons. The van der Waals surface area contributed by atoms with Crippen molar-refractivity contribution in [1.82, 2.24) is 10.2 Å². The topological polar surface area (TPSA) is 86.8 Å². The van der Waals surface area contributed by atoms with Gasteiger partial charge >= 0.3 is 0 Å². The smallest absolute Gasteiger partial charge is 0.242 e. The molecular weight excluding hydrogens is 498 g/mol. The summed E-state index contributed by atoms with van der Waals surface area (Å²) in [6, 6.07) is 12.2. The number of hydrogen-bond donors (Lipinski definition) is 1. The average Bonchev–Trinajstić information content (AvgIpc) is 2.80. The summed E-state index contributed by atoms with van der Waals surface area (Å²) in [5.74, 6) is -0.419. The van der Waals surface area contributed by atoms with Crippen LogP contribution in [0.5, 0.6) is 0 Å². The first-order valence-corrected chi connectivity index (χ1v) is 14.4. The maximum absolute atomic E-state index is 13.4. The van der Waals surface area contributed by atoms with Crippen LogP contribution >= 0.6 is 11.6 Å². The van der Waals surface area contributed by atoms with Crippen molar-refractivity contribution in [2.45, 2.75) is 72.5 Å². The van der Waals surface area contributed by atoms with E-state index in [0.29, 0.717) is 23.7 Å². The molecule has 0 saturated carbocycles. The molecule has 0 aromatic heterocycles. The number of nitrogens with one attached hydrogen (secondary N) is 1. The van der Waals surface area contributed by atoms with Crippen molar-refractivity contribution in [3.63, 3.8) is 0 Å². The third kappa shape index (κ3) is 8.52. The van der Waals surface area contributed by atoms with E-state index < -0.39 is 16.1 Å². The molecule has 0 fully saturated rings. The van der Waals surface area contributed by atoms with Gasteiger partial charge in [0, 0.05) is 30.6 Å². The zero-order valence-corrected chi connectivity index (χ0v) is 23.6. The Morgan fingerprint density at radius 2 is 1.78 bits per heavy atom. The van der Waals surface area contributed by atoms with E-state index in [9.17, 15) is 18.0 Å². The van der Waals surface area contributed by atoms with Crippen molar-refractivity contribution >= 4 is 39.1 Å². The summed E-state index contributed by atoms with van der Waals surface area (Å²) in [6.45, 7) is 9.84. The predicted octanol–water partition coefficient (Wildman–Crippen LogP) is 4.84. The van der Waals surface area contributed by atoms with Crippen molar-refractivity contribution < 1.29 is 18.0 Å². The maximum atomic E-state index is 13.4. The van der Waals surface area contributed by atoms with Gasteiger partial charge in [0.2, 0.25) is 21.8 Å². The lowest BCUT2D eigenvalue weighted by Crippen LogP contribution is -2.49. The maximum Gasteiger partial charge on any atom is 0.242 e. The van der Waals surface area contributed by atoms with Crippen LogP contribution in [0.1, 0.15) is 56.7 Å². The Hall–Kier alpha value is -2.58. The number of carbonyl (C=O) groups is 2. The SMILES string of the molecule is CC[C@H](C)NC(=O)[C@H](C)N(Cc1cccc(C)c1)C(=O)CCCN(c1cc(Cl)ccc1C)S(C)(=O)=O. The molecule has 0 heterocycles. The van der Waals surface area contributed by atoms with E-state index in [0.717, 1.165) is 29.4 Å². The zero-order chi connectivity index (χ0) is 27.0. The standard InChI is InChI=1S/C27H38ClN3O4S/c1-7-21(4)29-27(33)22(5)30(18-23-11-8-10-19(2)16-23)26(32)12-9-15-31(36(6,34)35)25-17-24(28)14-13-20(25)3/h8,10-11,13-14,16-17,21-22H,7,9,12,15,18H2,1-6H3,(H,29,33)/t21-,22-/m0/s1. The van der Waals surface area contributed by atoms with Gasteiger partial charge in [-0.25, -0.2) is 8.42 Å². The summed E-state index contributed by atoms with van der Waals surface area (Å²) in [5.41, 5.74) is 3.26. The van der Waals surface area contributed by atoms with Gasteiger partial charge in [-0.05, 0) is 63.8 Å². The Morgan fingerprint density at radius 1 is 1.08 bits per heavy atom. The van der Waals surface area contributed by atoms with Gasteiger partial charge in [0.1, 0.15) is 6.04 Å². The van der Waals surface area contributed by atoms with Gasteiger partial charge in [-0.3, -0.25) is 13.9 Å². The fraction of sp³-hybridized carbons (Fsp3) is 0.481. The highest BCUT2D eigenvalue weighted by Gasteiger charge is 2.27. The van der Waals surface area contributed by atoms with Crippen molar-refractivity contribution in [3.8, 4) is 0 Å². The molecule has 2 rings (SSSR count). The molecule has 0 saturated heterocycles. The number of hydrogen-bond acceptors (Lipinski definition) is 4. The molecule has 0 bridgehead atoms. The van der Waals surface area contributed by atoms with Gasteiger partial charge < -0.3 is 10.2 Å². The molecule has 2 aromatic carbocycles. The highest BCUT2D eigenvalue weighted by Crippen LogP contribution is 2.27. The third-order valence-corrected chi connectivity index (χ3v) is 7.61. The van der Waals surface area contributed by atoms with E-state index in [4.69, 9.17) is 11.6 Å². The lowest BCUT2D eigenvalue weighted by Gasteiger charge is -2.30. The normalized spacial score (nSPS) is 13.1. The molecule has 2 aromatic rings. The van der Waals surface area contributed by atoms with Gasteiger partial charge in [-0.2, -0.15) is 0 Å².